The van der Waals surface area contributed by atoms with Crippen LogP contribution in [0.3, 0.4) is 0 Å². The van der Waals surface area contributed by atoms with E-state index in [1.54, 1.807) is 6.92 Å². The lowest BCUT2D eigenvalue weighted by molar-refractivity contribution is -0.117. The Morgan fingerprint density at radius 3 is 2.57 bits per heavy atom. The first kappa shape index (κ1) is 11.2. The number of hydrogen-bond donors (Lipinski definition) is 0. The molecule has 0 radical (unpaired) electrons. The second-order valence-electron chi connectivity index (χ2n) is 4.04. The first-order valence-corrected chi connectivity index (χ1v) is 6.74. The van der Waals surface area contributed by atoms with Gasteiger partial charge in [0.25, 0.3) is 0 Å². The zero-order chi connectivity index (χ0) is 10.4. The molecule has 0 saturated heterocycles. The van der Waals surface area contributed by atoms with Crippen molar-refractivity contribution in [2.24, 2.45) is 0 Å². The molecule has 0 saturated carbocycles. The molecule has 0 heterocycles. The van der Waals surface area contributed by atoms with Crippen LogP contribution in [0.1, 0.15) is 26.7 Å². The summed E-state index contributed by atoms with van der Waals surface area (Å²) in [5.74, 6) is 0.318. The molecule has 0 unspecified atom stereocenters. The minimum absolute atomic E-state index is 0.182. The van der Waals surface area contributed by atoms with Crippen LogP contribution in [0.25, 0.3) is 0 Å². The van der Waals surface area contributed by atoms with Crippen LogP contribution in [0.15, 0.2) is 30.3 Å². The van der Waals surface area contributed by atoms with E-state index in [1.807, 2.05) is 0 Å². The minimum Gasteiger partial charge on any atom is -0.300 e. The fraction of sp³-hybridized carbons (Fsp3) is 0.417. The molecule has 2 heteroatoms. The van der Waals surface area contributed by atoms with E-state index in [4.69, 9.17) is 0 Å². The summed E-state index contributed by atoms with van der Waals surface area (Å²) in [6, 6.07) is 10.7. The molecule has 1 aromatic carbocycles. The van der Waals surface area contributed by atoms with Crippen LogP contribution in [-0.4, -0.2) is 15.3 Å². The average Bonchev–Trinajstić information content (AvgIpc) is 2.16. The summed E-state index contributed by atoms with van der Waals surface area (Å²) < 4.78 is 0. The summed E-state index contributed by atoms with van der Waals surface area (Å²) in [5.41, 5.74) is 0.737. The van der Waals surface area contributed by atoms with E-state index in [9.17, 15) is 4.79 Å². The summed E-state index contributed by atoms with van der Waals surface area (Å²) in [5, 5.41) is 1.50. The van der Waals surface area contributed by atoms with Crippen molar-refractivity contribution in [3.05, 3.63) is 30.3 Å². The topological polar surface area (TPSA) is 17.1 Å². The van der Waals surface area contributed by atoms with Gasteiger partial charge in [0.05, 0.1) is 9.52 Å². The monoisotopic (exact) mass is 206 g/mol. The molecule has 1 atom stereocenters. The van der Waals surface area contributed by atoms with E-state index in [0.29, 0.717) is 5.78 Å². The van der Waals surface area contributed by atoms with Crippen molar-refractivity contribution in [3.63, 3.8) is 0 Å². The van der Waals surface area contributed by atoms with Crippen molar-refractivity contribution in [1.29, 1.82) is 0 Å². The van der Waals surface area contributed by atoms with Gasteiger partial charge in [-0.3, -0.25) is 0 Å². The largest absolute Gasteiger partial charge is 0.300 e. The van der Waals surface area contributed by atoms with Gasteiger partial charge in [-0.05, 0) is 18.9 Å². The van der Waals surface area contributed by atoms with Crippen molar-refractivity contribution < 1.29 is 4.79 Å². The van der Waals surface area contributed by atoms with Crippen LogP contribution < -0.4 is 5.19 Å². The highest BCUT2D eigenvalue weighted by atomic mass is 28.2. The molecule has 76 valence electrons. The van der Waals surface area contributed by atoms with Gasteiger partial charge in [0, 0.05) is 6.42 Å². The number of rotatable bonds is 5. The van der Waals surface area contributed by atoms with Crippen LogP contribution in [-0.2, 0) is 4.79 Å². The van der Waals surface area contributed by atoms with Gasteiger partial charge in [-0.2, -0.15) is 0 Å². The van der Waals surface area contributed by atoms with Gasteiger partial charge in [0.15, 0.2) is 0 Å². The van der Waals surface area contributed by atoms with Crippen LogP contribution in [0, 0.1) is 0 Å². The maximum absolute atomic E-state index is 10.8. The van der Waals surface area contributed by atoms with E-state index in [2.05, 4.69) is 37.3 Å². The summed E-state index contributed by atoms with van der Waals surface area (Å²) in [7, 11) is -0.182. The Kier molecular flexibility index (Phi) is 4.60. The highest BCUT2D eigenvalue weighted by molar-refractivity contribution is 6.54. The Hall–Kier alpha value is -0.893. The van der Waals surface area contributed by atoms with Gasteiger partial charge in [-0.1, -0.05) is 42.4 Å². The lowest BCUT2D eigenvalue weighted by Gasteiger charge is -2.08. The fourth-order valence-corrected chi connectivity index (χ4v) is 3.33. The van der Waals surface area contributed by atoms with Crippen LogP contribution >= 0.6 is 0 Å². The molecular formula is C12H18OSi. The van der Waals surface area contributed by atoms with Gasteiger partial charge in [-0.15, -0.1) is 0 Å². The van der Waals surface area contributed by atoms with Crippen molar-refractivity contribution in [2.75, 3.05) is 0 Å². The van der Waals surface area contributed by atoms with Gasteiger partial charge < -0.3 is 4.79 Å². The molecule has 0 aliphatic rings. The number of benzene rings is 1. The zero-order valence-electron chi connectivity index (χ0n) is 8.99. The lowest BCUT2D eigenvalue weighted by atomic mass is 10.2. The summed E-state index contributed by atoms with van der Waals surface area (Å²) >= 11 is 0. The Labute approximate surface area is 88.4 Å². The second-order valence-corrected chi connectivity index (χ2v) is 6.65. The maximum atomic E-state index is 10.8. The molecule has 0 fully saturated rings. The molecule has 0 aliphatic heterocycles. The van der Waals surface area contributed by atoms with Gasteiger partial charge in [-0.25, -0.2) is 0 Å². The Morgan fingerprint density at radius 2 is 2.00 bits per heavy atom. The van der Waals surface area contributed by atoms with E-state index < -0.39 is 0 Å². The standard InChI is InChI=1S/C12H18OSi/c1-10(13)8-9-11(2)14-12-6-4-3-5-7-12/h3-7,11H,8-9,14H2,1-2H3/t11-/m0/s1. The molecule has 1 rings (SSSR count). The Balaban J connectivity index is 2.34. The number of hydrogen-bond acceptors (Lipinski definition) is 1. The van der Waals surface area contributed by atoms with Crippen LogP contribution in [0.2, 0.25) is 5.54 Å². The molecular weight excluding hydrogens is 188 g/mol. The second kappa shape index (κ2) is 5.76. The van der Waals surface area contributed by atoms with E-state index in [1.165, 1.54) is 5.19 Å². The number of carbonyl (C=O) groups excluding carboxylic acids is 1. The normalized spacial score (nSPS) is 13.3. The van der Waals surface area contributed by atoms with E-state index >= 15 is 0 Å². The van der Waals surface area contributed by atoms with Gasteiger partial charge >= 0.3 is 0 Å². The van der Waals surface area contributed by atoms with Crippen LogP contribution in [0.4, 0.5) is 0 Å². The third-order valence-corrected chi connectivity index (χ3v) is 4.46. The molecule has 0 spiro atoms. The smallest absolute Gasteiger partial charge is 0.129 e. The molecule has 0 aromatic heterocycles. The molecule has 0 aliphatic carbocycles. The van der Waals surface area contributed by atoms with Crippen molar-refractivity contribution in [1.82, 2.24) is 0 Å². The summed E-state index contributed by atoms with van der Waals surface area (Å²) in [6.45, 7) is 3.94. The quantitative estimate of drug-likeness (QED) is 0.670. The number of Topliss-reactive ketones (excluding diaryl/α,β-unsaturated/α-hetero) is 1. The molecule has 1 aromatic rings. The van der Waals surface area contributed by atoms with Crippen LogP contribution in [0.5, 0.6) is 0 Å². The SMILES string of the molecule is CC(=O)CC[C@H](C)[SiH2]c1ccccc1. The van der Waals surface area contributed by atoms with E-state index in [-0.39, 0.29) is 9.52 Å². The first-order valence-electron chi connectivity index (χ1n) is 5.22. The molecule has 0 amide bonds. The van der Waals surface area contributed by atoms with Crippen molar-refractivity contribution >= 4 is 20.5 Å². The number of carbonyl (C=O) groups is 1. The lowest BCUT2D eigenvalue weighted by Crippen LogP contribution is -2.17. The van der Waals surface area contributed by atoms with Gasteiger partial charge in [0.1, 0.15) is 5.78 Å². The molecule has 0 N–H and O–H groups in total. The van der Waals surface area contributed by atoms with Gasteiger partial charge in [0.2, 0.25) is 0 Å². The predicted molar refractivity (Wildman–Crippen MR) is 64.0 cm³/mol. The highest BCUT2D eigenvalue weighted by Crippen LogP contribution is 2.10. The average molecular weight is 206 g/mol. The predicted octanol–water partition coefficient (Wildman–Crippen LogP) is 1.66. The Morgan fingerprint density at radius 1 is 1.36 bits per heavy atom. The van der Waals surface area contributed by atoms with Crippen molar-refractivity contribution in [3.8, 4) is 0 Å². The minimum atomic E-state index is -0.182. The summed E-state index contributed by atoms with van der Waals surface area (Å²) in [6.07, 6.45) is 1.82. The third-order valence-electron chi connectivity index (χ3n) is 2.42. The fourth-order valence-electron chi connectivity index (χ4n) is 1.57. The third kappa shape index (κ3) is 4.37. The number of ketones is 1. The first-order chi connectivity index (χ1) is 6.68. The summed E-state index contributed by atoms with van der Waals surface area (Å²) in [4.78, 5) is 10.8. The van der Waals surface area contributed by atoms with Crippen molar-refractivity contribution in [2.45, 2.75) is 32.2 Å². The molecule has 1 nitrogen and oxygen atoms in total. The maximum Gasteiger partial charge on any atom is 0.129 e. The van der Waals surface area contributed by atoms with E-state index in [0.717, 1.165) is 18.4 Å². The highest BCUT2D eigenvalue weighted by Gasteiger charge is 2.05. The molecule has 14 heavy (non-hydrogen) atoms. The zero-order valence-corrected chi connectivity index (χ0v) is 10.4. The molecule has 0 bridgehead atoms. The Bertz CT molecular complexity index is 282.